The molecule has 1 atom stereocenters. The first kappa shape index (κ1) is 18.1. The number of nitrogens with one attached hydrogen (secondary N) is 1. The zero-order chi connectivity index (χ0) is 17.5. The van der Waals surface area contributed by atoms with Crippen LogP contribution in [0.5, 0.6) is 0 Å². The quantitative estimate of drug-likeness (QED) is 0.711. The van der Waals surface area contributed by atoms with Gasteiger partial charge in [0.1, 0.15) is 0 Å². The summed E-state index contributed by atoms with van der Waals surface area (Å²) in [4.78, 5) is 27.2. The molecule has 8 heteroatoms. The second-order valence-electron chi connectivity index (χ2n) is 5.36. The van der Waals surface area contributed by atoms with Crippen molar-refractivity contribution in [3.8, 4) is 0 Å². The molecule has 2 aromatic rings. The van der Waals surface area contributed by atoms with Crippen molar-refractivity contribution >= 4 is 27.8 Å². The number of aliphatic carboxylic acids is 1. The molecule has 0 saturated carbocycles. The molecule has 2 N–H and O–H groups in total. The fourth-order valence-corrected chi connectivity index (χ4v) is 2.68. The minimum Gasteiger partial charge on any atom is -0.481 e. The highest BCUT2D eigenvalue weighted by molar-refractivity contribution is 9.10. The lowest BCUT2D eigenvalue weighted by molar-refractivity contribution is -0.137. The summed E-state index contributed by atoms with van der Waals surface area (Å²) in [6, 6.07) is 6.67. The van der Waals surface area contributed by atoms with Crippen LogP contribution >= 0.6 is 15.9 Å². The van der Waals surface area contributed by atoms with Crippen LogP contribution in [0.1, 0.15) is 42.6 Å². The number of aromatic nitrogens is 2. The minimum absolute atomic E-state index is 0.176. The lowest BCUT2D eigenvalue weighted by Gasteiger charge is -2.17. The number of aryl methyl sites for hydroxylation is 2. The van der Waals surface area contributed by atoms with E-state index in [0.717, 1.165) is 10.0 Å². The molecule has 1 unspecified atom stereocenters. The molecule has 0 bridgehead atoms. The number of benzene rings is 1. The van der Waals surface area contributed by atoms with Crippen LogP contribution in [0.4, 0.5) is 0 Å². The van der Waals surface area contributed by atoms with Gasteiger partial charge in [-0.15, -0.1) is 0 Å². The van der Waals surface area contributed by atoms with E-state index in [1.165, 1.54) is 0 Å². The third-order valence-electron chi connectivity index (χ3n) is 3.33. The molecule has 0 aliphatic carbocycles. The van der Waals surface area contributed by atoms with Gasteiger partial charge in [0.15, 0.2) is 5.82 Å². The summed E-state index contributed by atoms with van der Waals surface area (Å²) in [5.74, 6) is -0.126. The molecule has 1 aromatic carbocycles. The van der Waals surface area contributed by atoms with Gasteiger partial charge in [-0.05, 0) is 31.0 Å². The predicted molar refractivity (Wildman–Crippen MR) is 89.3 cm³/mol. The summed E-state index contributed by atoms with van der Waals surface area (Å²) in [6.07, 6.45) is 1.14. The molecule has 0 radical (unpaired) electrons. The smallest absolute Gasteiger partial charge is 0.305 e. The molecular formula is C16H18BrN3O4. The maximum atomic E-state index is 12.1. The second kappa shape index (κ2) is 8.58. The molecule has 7 nitrogen and oxygen atoms in total. The Labute approximate surface area is 147 Å². The third-order valence-corrected chi connectivity index (χ3v) is 3.82. The number of halogens is 1. The van der Waals surface area contributed by atoms with E-state index in [-0.39, 0.29) is 18.7 Å². The van der Waals surface area contributed by atoms with E-state index in [1.54, 1.807) is 25.1 Å². The number of nitrogens with zero attached hydrogens (tertiary/aromatic N) is 2. The summed E-state index contributed by atoms with van der Waals surface area (Å²) in [5, 5.41) is 15.5. The molecule has 1 amide bonds. The Balaban J connectivity index is 1.90. The van der Waals surface area contributed by atoms with Gasteiger partial charge < -0.3 is 14.9 Å². The monoisotopic (exact) mass is 395 g/mol. The van der Waals surface area contributed by atoms with Gasteiger partial charge in [-0.25, -0.2) is 0 Å². The van der Waals surface area contributed by atoms with E-state index in [0.29, 0.717) is 24.6 Å². The van der Waals surface area contributed by atoms with Gasteiger partial charge in [0.05, 0.1) is 12.5 Å². The highest BCUT2D eigenvalue weighted by Gasteiger charge is 2.18. The molecule has 2 rings (SSSR count). The fourth-order valence-electron chi connectivity index (χ4n) is 2.26. The van der Waals surface area contributed by atoms with E-state index in [1.807, 2.05) is 6.07 Å². The summed E-state index contributed by atoms with van der Waals surface area (Å²) in [5.41, 5.74) is 0.743. The zero-order valence-electron chi connectivity index (χ0n) is 13.2. The Morgan fingerprint density at radius 3 is 2.83 bits per heavy atom. The van der Waals surface area contributed by atoms with Crippen molar-refractivity contribution in [3.05, 3.63) is 46.0 Å². The first-order chi connectivity index (χ1) is 11.4. The predicted octanol–water partition coefficient (Wildman–Crippen LogP) is 2.80. The zero-order valence-corrected chi connectivity index (χ0v) is 14.7. The first-order valence-corrected chi connectivity index (χ1v) is 8.29. The molecule has 0 aliphatic heterocycles. The van der Waals surface area contributed by atoms with E-state index in [2.05, 4.69) is 31.4 Å². The van der Waals surface area contributed by atoms with Gasteiger partial charge in [-0.3, -0.25) is 9.59 Å². The van der Waals surface area contributed by atoms with Crippen LogP contribution in [0.25, 0.3) is 0 Å². The van der Waals surface area contributed by atoms with Gasteiger partial charge in [-0.1, -0.05) is 33.2 Å². The Morgan fingerprint density at radius 1 is 1.42 bits per heavy atom. The molecule has 1 aromatic heterocycles. The highest BCUT2D eigenvalue weighted by Crippen LogP contribution is 2.21. The molecular weight excluding hydrogens is 378 g/mol. The van der Waals surface area contributed by atoms with Gasteiger partial charge >= 0.3 is 5.97 Å². The SMILES string of the molecule is Cc1noc(CCCC(=O)NC(CC(=O)O)c2cccc(Br)c2)n1. The van der Waals surface area contributed by atoms with Crippen LogP contribution in [0, 0.1) is 6.92 Å². The van der Waals surface area contributed by atoms with Gasteiger partial charge in [0, 0.05) is 17.3 Å². The van der Waals surface area contributed by atoms with Gasteiger partial charge in [-0.2, -0.15) is 4.98 Å². The van der Waals surface area contributed by atoms with E-state index < -0.39 is 12.0 Å². The summed E-state index contributed by atoms with van der Waals surface area (Å²) in [7, 11) is 0. The van der Waals surface area contributed by atoms with Crippen molar-refractivity contribution in [1.29, 1.82) is 0 Å². The molecule has 1 heterocycles. The lowest BCUT2D eigenvalue weighted by Crippen LogP contribution is -2.30. The van der Waals surface area contributed by atoms with E-state index >= 15 is 0 Å². The number of carboxylic acid groups (broad SMARTS) is 1. The molecule has 24 heavy (non-hydrogen) atoms. The van der Waals surface area contributed by atoms with Crippen molar-refractivity contribution in [1.82, 2.24) is 15.5 Å². The van der Waals surface area contributed by atoms with Crippen LogP contribution in [0.2, 0.25) is 0 Å². The standard InChI is InChI=1S/C16H18BrN3O4/c1-10-18-15(24-20-10)7-3-6-14(21)19-13(9-16(22)23)11-4-2-5-12(17)8-11/h2,4-5,8,13H,3,6-7,9H2,1H3,(H,19,21)(H,22,23). The van der Waals surface area contributed by atoms with Crippen LogP contribution in [0.15, 0.2) is 33.3 Å². The Hall–Kier alpha value is -2.22. The largest absolute Gasteiger partial charge is 0.481 e. The van der Waals surface area contributed by atoms with Crippen LogP contribution < -0.4 is 5.32 Å². The van der Waals surface area contributed by atoms with Gasteiger partial charge in [0.2, 0.25) is 11.8 Å². The van der Waals surface area contributed by atoms with E-state index in [4.69, 9.17) is 9.63 Å². The van der Waals surface area contributed by atoms with Crippen molar-refractivity contribution in [2.45, 2.75) is 38.6 Å². The number of carboxylic acids is 1. The van der Waals surface area contributed by atoms with Crippen molar-refractivity contribution in [2.75, 3.05) is 0 Å². The molecule has 0 saturated heterocycles. The summed E-state index contributed by atoms with van der Waals surface area (Å²) < 4.78 is 5.82. The van der Waals surface area contributed by atoms with Crippen molar-refractivity contribution in [2.24, 2.45) is 0 Å². The Bertz CT molecular complexity index is 717. The average molecular weight is 396 g/mol. The fraction of sp³-hybridized carbons (Fsp3) is 0.375. The number of hydrogen-bond donors (Lipinski definition) is 2. The minimum atomic E-state index is -0.971. The highest BCUT2D eigenvalue weighted by atomic mass is 79.9. The maximum absolute atomic E-state index is 12.1. The topological polar surface area (TPSA) is 105 Å². The number of hydrogen-bond acceptors (Lipinski definition) is 5. The normalized spacial score (nSPS) is 11.9. The lowest BCUT2D eigenvalue weighted by atomic mass is 10.0. The van der Waals surface area contributed by atoms with Crippen molar-refractivity contribution < 1.29 is 19.2 Å². The molecule has 0 spiro atoms. The molecule has 128 valence electrons. The first-order valence-electron chi connectivity index (χ1n) is 7.50. The average Bonchev–Trinajstić information content (AvgIpc) is 2.91. The summed E-state index contributed by atoms with van der Waals surface area (Å²) >= 11 is 3.35. The number of amides is 1. The molecule has 0 aliphatic rings. The Morgan fingerprint density at radius 2 is 2.21 bits per heavy atom. The molecule has 0 fully saturated rings. The summed E-state index contributed by atoms with van der Waals surface area (Å²) in [6.45, 7) is 1.73. The number of rotatable bonds is 8. The third kappa shape index (κ3) is 5.77. The second-order valence-corrected chi connectivity index (χ2v) is 6.28. The maximum Gasteiger partial charge on any atom is 0.305 e. The van der Waals surface area contributed by atoms with Crippen LogP contribution in [-0.4, -0.2) is 27.1 Å². The van der Waals surface area contributed by atoms with Crippen LogP contribution in [-0.2, 0) is 16.0 Å². The van der Waals surface area contributed by atoms with E-state index in [9.17, 15) is 9.59 Å². The van der Waals surface area contributed by atoms with Gasteiger partial charge in [0.25, 0.3) is 0 Å². The van der Waals surface area contributed by atoms with Crippen LogP contribution in [0.3, 0.4) is 0 Å². The number of carbonyl (C=O) groups excluding carboxylic acids is 1. The Kier molecular flexibility index (Phi) is 6.48. The number of carbonyl (C=O) groups is 2. The van der Waals surface area contributed by atoms with Crippen molar-refractivity contribution in [3.63, 3.8) is 0 Å².